The van der Waals surface area contributed by atoms with Crippen LogP contribution in [0.4, 0.5) is 17.3 Å². The summed E-state index contributed by atoms with van der Waals surface area (Å²) in [4.78, 5) is 17.8. The van der Waals surface area contributed by atoms with Crippen LogP contribution in [0, 0.1) is 10.1 Å². The first kappa shape index (κ1) is 12.9. The van der Waals surface area contributed by atoms with E-state index >= 15 is 0 Å². The minimum absolute atomic E-state index is 0.0259. The van der Waals surface area contributed by atoms with Crippen LogP contribution in [0.3, 0.4) is 0 Å². The van der Waals surface area contributed by atoms with Crippen LogP contribution in [0.5, 0.6) is 5.75 Å². The quantitative estimate of drug-likeness (QED) is 0.566. The van der Waals surface area contributed by atoms with Gasteiger partial charge < -0.3 is 15.0 Å². The van der Waals surface area contributed by atoms with Gasteiger partial charge in [-0.3, -0.25) is 10.1 Å². The number of benzene rings is 2. The number of imidazole rings is 1. The first-order chi connectivity index (χ1) is 10.2. The molecule has 0 bridgehead atoms. The maximum absolute atomic E-state index is 10.8. The highest BCUT2D eigenvalue weighted by molar-refractivity contribution is 5.79. The summed E-state index contributed by atoms with van der Waals surface area (Å²) in [6.45, 7) is 0. The largest absolute Gasteiger partial charge is 0.494 e. The molecule has 3 aromatic rings. The van der Waals surface area contributed by atoms with Crippen molar-refractivity contribution in [2.45, 2.75) is 0 Å². The van der Waals surface area contributed by atoms with Crippen molar-refractivity contribution in [2.24, 2.45) is 0 Å². The van der Waals surface area contributed by atoms with E-state index in [0.717, 1.165) is 11.0 Å². The fourth-order valence-corrected chi connectivity index (χ4v) is 2.04. The van der Waals surface area contributed by atoms with Crippen molar-refractivity contribution >= 4 is 28.4 Å². The summed E-state index contributed by atoms with van der Waals surface area (Å²) in [6.07, 6.45) is 0. The van der Waals surface area contributed by atoms with Gasteiger partial charge in [0.25, 0.3) is 5.69 Å². The molecule has 0 unspecified atom stereocenters. The number of nitrogens with one attached hydrogen (secondary N) is 2. The van der Waals surface area contributed by atoms with Crippen LogP contribution in [-0.4, -0.2) is 22.0 Å². The second-order valence-electron chi connectivity index (χ2n) is 4.37. The molecule has 0 amide bonds. The SMILES string of the molecule is COc1cc([N+](=O)[O-])ccc1Nc1nc2ccccc2[nH]1. The number of aromatic amines is 1. The number of non-ortho nitro benzene ring substituents is 1. The van der Waals surface area contributed by atoms with Crippen molar-refractivity contribution in [3.8, 4) is 5.75 Å². The molecule has 0 fully saturated rings. The van der Waals surface area contributed by atoms with E-state index in [2.05, 4.69) is 15.3 Å². The van der Waals surface area contributed by atoms with E-state index in [1.54, 1.807) is 6.07 Å². The molecule has 7 heteroatoms. The van der Waals surface area contributed by atoms with Crippen molar-refractivity contribution in [3.63, 3.8) is 0 Å². The summed E-state index contributed by atoms with van der Waals surface area (Å²) in [5, 5.41) is 13.8. The van der Waals surface area contributed by atoms with Gasteiger partial charge in [0, 0.05) is 6.07 Å². The fourth-order valence-electron chi connectivity index (χ4n) is 2.04. The zero-order valence-corrected chi connectivity index (χ0v) is 11.2. The molecule has 106 valence electrons. The average Bonchev–Trinajstić information content (AvgIpc) is 2.89. The molecule has 0 radical (unpaired) electrons. The van der Waals surface area contributed by atoms with E-state index in [1.165, 1.54) is 19.2 Å². The molecule has 0 spiro atoms. The summed E-state index contributed by atoms with van der Waals surface area (Å²) in [5.74, 6) is 0.924. The number of aromatic nitrogens is 2. The van der Waals surface area contributed by atoms with E-state index in [9.17, 15) is 10.1 Å². The fraction of sp³-hybridized carbons (Fsp3) is 0.0714. The highest BCUT2D eigenvalue weighted by Gasteiger charge is 2.12. The van der Waals surface area contributed by atoms with Crippen molar-refractivity contribution < 1.29 is 9.66 Å². The molecule has 3 rings (SSSR count). The third kappa shape index (κ3) is 2.48. The van der Waals surface area contributed by atoms with E-state index in [-0.39, 0.29) is 5.69 Å². The van der Waals surface area contributed by atoms with Gasteiger partial charge in [-0.05, 0) is 18.2 Å². The predicted molar refractivity (Wildman–Crippen MR) is 79.0 cm³/mol. The molecular weight excluding hydrogens is 272 g/mol. The summed E-state index contributed by atoms with van der Waals surface area (Å²) in [6, 6.07) is 12.0. The van der Waals surface area contributed by atoms with Gasteiger partial charge in [0.1, 0.15) is 5.75 Å². The number of nitrogens with zero attached hydrogens (tertiary/aromatic N) is 2. The van der Waals surface area contributed by atoms with Crippen molar-refractivity contribution in [1.29, 1.82) is 0 Å². The van der Waals surface area contributed by atoms with Gasteiger partial charge in [0.2, 0.25) is 5.95 Å². The first-order valence-corrected chi connectivity index (χ1v) is 6.21. The van der Waals surface area contributed by atoms with E-state index in [4.69, 9.17) is 4.74 Å². The molecule has 21 heavy (non-hydrogen) atoms. The number of hydrogen-bond donors (Lipinski definition) is 2. The number of hydrogen-bond acceptors (Lipinski definition) is 5. The Balaban J connectivity index is 1.95. The number of ether oxygens (including phenoxy) is 1. The lowest BCUT2D eigenvalue weighted by Crippen LogP contribution is -1.97. The van der Waals surface area contributed by atoms with Crippen LogP contribution >= 0.6 is 0 Å². The number of anilines is 2. The van der Waals surface area contributed by atoms with Gasteiger partial charge in [-0.1, -0.05) is 12.1 Å². The Morgan fingerprint density at radius 3 is 2.81 bits per heavy atom. The Kier molecular flexibility index (Phi) is 3.15. The molecule has 0 aliphatic heterocycles. The van der Waals surface area contributed by atoms with Gasteiger partial charge in [0.05, 0.1) is 34.8 Å². The topological polar surface area (TPSA) is 93.1 Å². The predicted octanol–water partition coefficient (Wildman–Crippen LogP) is 3.22. The van der Waals surface area contributed by atoms with Crippen LogP contribution in [0.25, 0.3) is 11.0 Å². The number of methoxy groups -OCH3 is 1. The molecule has 0 aliphatic carbocycles. The Bertz CT molecular complexity index is 780. The number of para-hydroxylation sites is 2. The zero-order chi connectivity index (χ0) is 14.8. The van der Waals surface area contributed by atoms with Gasteiger partial charge in [0.15, 0.2) is 0 Å². The van der Waals surface area contributed by atoms with E-state index < -0.39 is 4.92 Å². The highest BCUT2D eigenvalue weighted by Crippen LogP contribution is 2.31. The lowest BCUT2D eigenvalue weighted by Gasteiger charge is -2.08. The minimum atomic E-state index is -0.465. The number of nitro groups is 1. The molecule has 0 saturated carbocycles. The summed E-state index contributed by atoms with van der Waals surface area (Å²) < 4.78 is 5.17. The van der Waals surface area contributed by atoms with Crippen molar-refractivity contribution in [2.75, 3.05) is 12.4 Å². The molecule has 0 atom stereocenters. The van der Waals surface area contributed by atoms with Crippen molar-refractivity contribution in [3.05, 3.63) is 52.6 Å². The molecule has 1 aromatic heterocycles. The summed E-state index contributed by atoms with van der Waals surface area (Å²) in [5.41, 5.74) is 2.31. The molecule has 0 aliphatic rings. The standard InChI is InChI=1S/C14H12N4O3/c1-21-13-8-9(18(19)20)6-7-12(13)17-14-15-10-4-2-3-5-11(10)16-14/h2-8H,1H3,(H2,15,16,17). The lowest BCUT2D eigenvalue weighted by atomic mass is 10.2. The van der Waals surface area contributed by atoms with Crippen LogP contribution in [0.2, 0.25) is 0 Å². The first-order valence-electron chi connectivity index (χ1n) is 6.21. The maximum Gasteiger partial charge on any atom is 0.273 e. The number of H-pyrrole nitrogens is 1. The Morgan fingerprint density at radius 1 is 1.29 bits per heavy atom. The van der Waals surface area contributed by atoms with Gasteiger partial charge in [-0.25, -0.2) is 4.98 Å². The molecule has 2 aromatic carbocycles. The highest BCUT2D eigenvalue weighted by atomic mass is 16.6. The molecule has 7 nitrogen and oxygen atoms in total. The Morgan fingerprint density at radius 2 is 2.10 bits per heavy atom. The Labute approximate surface area is 119 Å². The number of rotatable bonds is 4. The normalized spacial score (nSPS) is 10.5. The minimum Gasteiger partial charge on any atom is -0.494 e. The Hall–Kier alpha value is -3.09. The van der Waals surface area contributed by atoms with Crippen LogP contribution in [0.15, 0.2) is 42.5 Å². The van der Waals surface area contributed by atoms with Gasteiger partial charge in [-0.15, -0.1) is 0 Å². The third-order valence-electron chi connectivity index (χ3n) is 3.04. The van der Waals surface area contributed by atoms with Crippen LogP contribution in [-0.2, 0) is 0 Å². The number of nitro benzene ring substituents is 1. The van der Waals surface area contributed by atoms with Crippen LogP contribution < -0.4 is 10.1 Å². The summed E-state index contributed by atoms with van der Waals surface area (Å²) in [7, 11) is 1.46. The average molecular weight is 284 g/mol. The van der Waals surface area contributed by atoms with Crippen molar-refractivity contribution in [1.82, 2.24) is 9.97 Å². The second-order valence-corrected chi connectivity index (χ2v) is 4.37. The lowest BCUT2D eigenvalue weighted by molar-refractivity contribution is -0.384. The molecule has 0 saturated heterocycles. The molecule has 2 N–H and O–H groups in total. The second kappa shape index (κ2) is 5.12. The van der Waals surface area contributed by atoms with Gasteiger partial charge >= 0.3 is 0 Å². The van der Waals surface area contributed by atoms with E-state index in [0.29, 0.717) is 17.4 Å². The maximum atomic E-state index is 10.8. The number of fused-ring (bicyclic) bond motifs is 1. The van der Waals surface area contributed by atoms with Crippen LogP contribution in [0.1, 0.15) is 0 Å². The third-order valence-corrected chi connectivity index (χ3v) is 3.04. The monoisotopic (exact) mass is 284 g/mol. The van der Waals surface area contributed by atoms with E-state index in [1.807, 2.05) is 24.3 Å². The molecule has 1 heterocycles. The summed E-state index contributed by atoms with van der Waals surface area (Å²) >= 11 is 0. The zero-order valence-electron chi connectivity index (χ0n) is 11.2. The smallest absolute Gasteiger partial charge is 0.273 e. The molecular formula is C14H12N4O3. The van der Waals surface area contributed by atoms with Gasteiger partial charge in [-0.2, -0.15) is 0 Å².